The van der Waals surface area contributed by atoms with Gasteiger partial charge in [0.25, 0.3) is 5.56 Å². The maximum atomic E-state index is 14.5. The highest BCUT2D eigenvalue weighted by atomic mass is 32.2. The zero-order valence-electron chi connectivity index (χ0n) is 18.7. The smallest absolute Gasteiger partial charge is 0.255 e. The van der Waals surface area contributed by atoms with E-state index in [2.05, 4.69) is 10.0 Å². The second-order valence-electron chi connectivity index (χ2n) is 7.93. The van der Waals surface area contributed by atoms with Gasteiger partial charge < -0.3 is 19.5 Å². The third kappa shape index (κ3) is 4.78. The van der Waals surface area contributed by atoms with Crippen molar-refractivity contribution < 1.29 is 18.3 Å². The molecule has 1 aliphatic carbocycles. The van der Waals surface area contributed by atoms with Crippen LogP contribution in [0.5, 0.6) is 11.5 Å². The van der Waals surface area contributed by atoms with Crippen molar-refractivity contribution in [2.24, 2.45) is 7.05 Å². The average Bonchev–Trinajstić information content (AvgIpc) is 3.56. The molecule has 1 fully saturated rings. The fourth-order valence-corrected chi connectivity index (χ4v) is 4.71. The maximum Gasteiger partial charge on any atom is 0.255 e. The summed E-state index contributed by atoms with van der Waals surface area (Å²) in [7, 11) is 4.56. The largest absolute Gasteiger partial charge is 0.497 e. The maximum absolute atomic E-state index is 14.5. The Hall–Kier alpha value is -3.20. The van der Waals surface area contributed by atoms with Crippen molar-refractivity contribution in [3.63, 3.8) is 0 Å². The molecule has 3 aromatic rings. The fraction of sp³-hybridized carbons (Fsp3) is 0.292. The van der Waals surface area contributed by atoms with Crippen LogP contribution in [0.3, 0.4) is 0 Å². The van der Waals surface area contributed by atoms with E-state index in [1.807, 2.05) is 0 Å². The summed E-state index contributed by atoms with van der Waals surface area (Å²) in [5.41, 5.74) is 1.87. The molecule has 1 saturated carbocycles. The first-order valence-electron chi connectivity index (χ1n) is 10.4. The summed E-state index contributed by atoms with van der Waals surface area (Å²) in [5, 5.41) is 3.14. The lowest BCUT2D eigenvalue weighted by atomic mass is 10.1. The number of rotatable bonds is 8. The van der Waals surface area contributed by atoms with Crippen molar-refractivity contribution in [2.45, 2.75) is 24.5 Å². The molecule has 4 rings (SSSR count). The normalized spacial score (nSPS) is 16.9. The Labute approximate surface area is 195 Å². The van der Waals surface area contributed by atoms with Crippen molar-refractivity contribution in [1.82, 2.24) is 4.57 Å². The highest BCUT2D eigenvalue weighted by molar-refractivity contribution is 8.01. The van der Waals surface area contributed by atoms with Crippen LogP contribution < -0.4 is 25.1 Å². The number of ether oxygens (including phenoxy) is 2. The van der Waals surface area contributed by atoms with E-state index in [9.17, 15) is 13.6 Å². The van der Waals surface area contributed by atoms with E-state index < -0.39 is 5.82 Å². The molecule has 0 radical (unpaired) electrons. The molecule has 0 aliphatic heterocycles. The topological polar surface area (TPSA) is 64.5 Å². The van der Waals surface area contributed by atoms with Crippen molar-refractivity contribution in [1.29, 1.82) is 0 Å². The predicted octanol–water partition coefficient (Wildman–Crippen LogP) is 5.35. The van der Waals surface area contributed by atoms with Crippen LogP contribution in [0.1, 0.15) is 23.5 Å². The van der Waals surface area contributed by atoms with Gasteiger partial charge in [0.1, 0.15) is 28.9 Å². The zero-order chi connectivity index (χ0) is 23.7. The van der Waals surface area contributed by atoms with Crippen molar-refractivity contribution in [3.05, 3.63) is 75.6 Å². The summed E-state index contributed by atoms with van der Waals surface area (Å²) in [4.78, 5) is 12.4. The molecule has 2 aromatic carbocycles. The Kier molecular flexibility index (Phi) is 6.51. The van der Waals surface area contributed by atoms with Gasteiger partial charge in [-0.15, -0.1) is 0 Å². The number of benzene rings is 2. The van der Waals surface area contributed by atoms with Crippen LogP contribution in [-0.2, 0) is 7.05 Å². The Balaban J connectivity index is 1.57. The number of nitrogens with one attached hydrogen (secondary N) is 2. The Morgan fingerprint density at radius 2 is 1.85 bits per heavy atom. The lowest BCUT2D eigenvalue weighted by Crippen LogP contribution is -2.20. The van der Waals surface area contributed by atoms with E-state index in [-0.39, 0.29) is 28.2 Å². The van der Waals surface area contributed by atoms with Crippen LogP contribution in [0.15, 0.2) is 47.3 Å². The molecule has 174 valence electrons. The first-order chi connectivity index (χ1) is 15.8. The van der Waals surface area contributed by atoms with Gasteiger partial charge >= 0.3 is 0 Å². The number of aromatic nitrogens is 1. The number of anilines is 3. The highest BCUT2D eigenvalue weighted by Gasteiger charge is 2.41. The summed E-state index contributed by atoms with van der Waals surface area (Å²) in [6.45, 7) is 1.80. The number of hydrogen-bond donors (Lipinski definition) is 2. The first kappa shape index (κ1) is 23.0. The van der Waals surface area contributed by atoms with Gasteiger partial charge in [0.15, 0.2) is 5.75 Å². The van der Waals surface area contributed by atoms with E-state index in [1.54, 1.807) is 38.2 Å². The van der Waals surface area contributed by atoms with Gasteiger partial charge in [0.05, 0.1) is 19.9 Å². The lowest BCUT2D eigenvalue weighted by Gasteiger charge is -2.19. The van der Waals surface area contributed by atoms with Gasteiger partial charge in [-0.3, -0.25) is 9.36 Å². The molecule has 2 unspecified atom stereocenters. The van der Waals surface area contributed by atoms with Crippen LogP contribution in [-0.4, -0.2) is 24.0 Å². The molecular weight excluding hydrogens is 448 g/mol. The molecule has 2 N–H and O–H groups in total. The monoisotopic (exact) mass is 473 g/mol. The molecule has 2 atom stereocenters. The molecule has 1 heterocycles. The van der Waals surface area contributed by atoms with Crippen LogP contribution in [0.4, 0.5) is 26.0 Å². The summed E-state index contributed by atoms with van der Waals surface area (Å²) in [6, 6.07) is 11.1. The minimum atomic E-state index is -0.430. The summed E-state index contributed by atoms with van der Waals surface area (Å²) in [6.07, 6.45) is 0.796. The van der Waals surface area contributed by atoms with E-state index in [4.69, 9.17) is 9.47 Å². The number of methoxy groups -OCH3 is 2. The molecule has 0 saturated heterocycles. The van der Waals surface area contributed by atoms with E-state index in [1.165, 1.54) is 48.9 Å². The minimum absolute atomic E-state index is 0.0536. The Morgan fingerprint density at radius 3 is 2.52 bits per heavy atom. The van der Waals surface area contributed by atoms with Crippen LogP contribution in [0.25, 0.3) is 0 Å². The van der Waals surface area contributed by atoms with E-state index >= 15 is 0 Å². The summed E-state index contributed by atoms with van der Waals surface area (Å²) in [5.74, 6) is 0.502. The third-order valence-corrected chi connectivity index (χ3v) is 6.80. The molecular formula is C24H25F2N3O3S. The van der Waals surface area contributed by atoms with Crippen LogP contribution >= 0.6 is 11.9 Å². The molecule has 6 nitrogen and oxygen atoms in total. The number of hydrogen-bond acceptors (Lipinski definition) is 6. The standard InChI is InChI=1S/C24H25F2N3O3S/c1-13-5-8-19(18(26)9-13)27-24-23(20(32-4)12-22(30)29(24)2)28-33-21-11-16(21)15-7-6-14(31-3)10-17(15)25/h5-10,12,16,21,27-28H,11H2,1-4H3. The number of pyridine rings is 1. The molecule has 33 heavy (non-hydrogen) atoms. The van der Waals surface area contributed by atoms with Crippen molar-refractivity contribution in [3.8, 4) is 11.5 Å². The fourth-order valence-electron chi connectivity index (χ4n) is 3.63. The van der Waals surface area contributed by atoms with Crippen LogP contribution in [0.2, 0.25) is 0 Å². The number of aryl methyl sites for hydroxylation is 1. The second-order valence-corrected chi connectivity index (χ2v) is 8.98. The lowest BCUT2D eigenvalue weighted by molar-refractivity contribution is 0.410. The average molecular weight is 474 g/mol. The van der Waals surface area contributed by atoms with Crippen molar-refractivity contribution in [2.75, 3.05) is 24.3 Å². The molecule has 1 aliphatic rings. The highest BCUT2D eigenvalue weighted by Crippen LogP contribution is 2.51. The molecule has 1 aromatic heterocycles. The van der Waals surface area contributed by atoms with Crippen LogP contribution in [0, 0.1) is 18.6 Å². The van der Waals surface area contributed by atoms with Gasteiger partial charge in [-0.1, -0.05) is 12.1 Å². The SMILES string of the molecule is COc1ccc(C2CC2SNc2c(OC)cc(=O)n(C)c2Nc2ccc(C)cc2F)c(F)c1. The van der Waals surface area contributed by atoms with Gasteiger partial charge in [-0.05, 0) is 54.6 Å². The Bertz CT molecular complexity index is 1250. The summed E-state index contributed by atoms with van der Waals surface area (Å²) < 4.78 is 44.1. The predicted molar refractivity (Wildman–Crippen MR) is 128 cm³/mol. The molecule has 0 spiro atoms. The molecule has 0 amide bonds. The number of halogens is 2. The Morgan fingerprint density at radius 1 is 1.06 bits per heavy atom. The van der Waals surface area contributed by atoms with Gasteiger partial charge in [0, 0.05) is 30.3 Å². The van der Waals surface area contributed by atoms with Gasteiger partial charge in [-0.2, -0.15) is 0 Å². The molecule has 0 bridgehead atoms. The van der Waals surface area contributed by atoms with Crippen molar-refractivity contribution >= 4 is 29.1 Å². The summed E-state index contributed by atoms with van der Waals surface area (Å²) >= 11 is 1.42. The number of nitrogens with zero attached hydrogens (tertiary/aromatic N) is 1. The van der Waals surface area contributed by atoms with Gasteiger partial charge in [-0.25, -0.2) is 8.78 Å². The molecule has 9 heteroatoms. The zero-order valence-corrected chi connectivity index (χ0v) is 19.6. The van der Waals surface area contributed by atoms with Gasteiger partial charge in [0.2, 0.25) is 0 Å². The first-order valence-corrected chi connectivity index (χ1v) is 11.3. The van der Waals surface area contributed by atoms with E-state index in [0.29, 0.717) is 28.6 Å². The van der Waals surface area contributed by atoms with E-state index in [0.717, 1.165) is 12.0 Å². The quantitative estimate of drug-likeness (QED) is 0.430. The third-order valence-electron chi connectivity index (χ3n) is 5.65. The minimum Gasteiger partial charge on any atom is -0.497 e. The second kappa shape index (κ2) is 9.35.